The zero-order valence-corrected chi connectivity index (χ0v) is 12.4. The molecule has 1 heterocycles. The predicted molar refractivity (Wildman–Crippen MR) is 82.1 cm³/mol. The van der Waals surface area contributed by atoms with Crippen molar-refractivity contribution in [2.24, 2.45) is 11.7 Å². The number of nitrogens with two attached hydrogens (primary N) is 1. The summed E-state index contributed by atoms with van der Waals surface area (Å²) in [5.74, 6) is 2.26. The summed E-state index contributed by atoms with van der Waals surface area (Å²) in [7, 11) is 2.26. The normalized spacial score (nSPS) is 29.2. The summed E-state index contributed by atoms with van der Waals surface area (Å²) in [5, 5.41) is 0. The second-order valence-corrected chi connectivity index (χ2v) is 6.33. The molecule has 0 saturated heterocycles. The van der Waals surface area contributed by atoms with Gasteiger partial charge in [-0.25, -0.2) is 0 Å². The molecule has 0 bridgehead atoms. The molecule has 0 amide bonds. The number of rotatable bonds is 4. The Kier molecular flexibility index (Phi) is 4.27. The molecule has 3 unspecified atom stereocenters. The van der Waals surface area contributed by atoms with E-state index in [1.54, 1.807) is 0 Å². The molecular formula is C17H26N2O. The molecule has 0 aromatic heterocycles. The van der Waals surface area contributed by atoms with Crippen LogP contribution < -0.4 is 10.5 Å². The maximum absolute atomic E-state index is 5.96. The van der Waals surface area contributed by atoms with Crippen LogP contribution in [0.2, 0.25) is 0 Å². The lowest BCUT2D eigenvalue weighted by Crippen LogP contribution is -2.44. The Morgan fingerprint density at radius 1 is 1.25 bits per heavy atom. The molecule has 3 atom stereocenters. The van der Waals surface area contributed by atoms with E-state index >= 15 is 0 Å². The van der Waals surface area contributed by atoms with Crippen molar-refractivity contribution in [1.82, 2.24) is 4.90 Å². The van der Waals surface area contributed by atoms with E-state index < -0.39 is 0 Å². The van der Waals surface area contributed by atoms with Gasteiger partial charge in [0, 0.05) is 24.1 Å². The fourth-order valence-corrected chi connectivity index (χ4v) is 3.91. The smallest absolute Gasteiger partial charge is 0.122 e. The molecular weight excluding hydrogens is 248 g/mol. The summed E-state index contributed by atoms with van der Waals surface area (Å²) in [6, 6.07) is 9.11. The van der Waals surface area contributed by atoms with E-state index in [-0.39, 0.29) is 0 Å². The fourth-order valence-electron chi connectivity index (χ4n) is 3.91. The number of likely N-dealkylation sites (N-methyl/N-ethyl adjacent to an activating group) is 1. The zero-order chi connectivity index (χ0) is 13.9. The highest BCUT2D eigenvalue weighted by molar-refractivity contribution is 5.39. The van der Waals surface area contributed by atoms with E-state index in [0.717, 1.165) is 25.4 Å². The molecule has 0 radical (unpaired) electrons. The van der Waals surface area contributed by atoms with E-state index in [0.29, 0.717) is 17.9 Å². The van der Waals surface area contributed by atoms with Gasteiger partial charge in [-0.3, -0.25) is 0 Å². The van der Waals surface area contributed by atoms with Gasteiger partial charge in [-0.2, -0.15) is 0 Å². The Balaban J connectivity index is 1.66. The Morgan fingerprint density at radius 3 is 2.90 bits per heavy atom. The van der Waals surface area contributed by atoms with Crippen molar-refractivity contribution in [3.63, 3.8) is 0 Å². The number of para-hydroxylation sites is 1. The first-order valence-electron chi connectivity index (χ1n) is 7.91. The summed E-state index contributed by atoms with van der Waals surface area (Å²) in [6.45, 7) is 2.73. The van der Waals surface area contributed by atoms with Crippen molar-refractivity contribution in [1.29, 1.82) is 0 Å². The van der Waals surface area contributed by atoms with Crippen molar-refractivity contribution in [3.05, 3.63) is 29.8 Å². The van der Waals surface area contributed by atoms with Gasteiger partial charge < -0.3 is 15.4 Å². The second kappa shape index (κ2) is 6.15. The molecule has 1 fully saturated rings. The van der Waals surface area contributed by atoms with Crippen molar-refractivity contribution >= 4 is 0 Å². The van der Waals surface area contributed by atoms with Gasteiger partial charge in [0.15, 0.2) is 0 Å². The van der Waals surface area contributed by atoms with Crippen LogP contribution in [0, 0.1) is 5.92 Å². The van der Waals surface area contributed by atoms with Crippen LogP contribution in [0.15, 0.2) is 24.3 Å². The Morgan fingerprint density at radius 2 is 2.05 bits per heavy atom. The fraction of sp³-hybridized carbons (Fsp3) is 0.647. The van der Waals surface area contributed by atoms with Crippen molar-refractivity contribution < 1.29 is 4.74 Å². The standard InChI is InChI=1S/C17H26N2O/c1-19(16-8-4-2-6-13(16)10-18)11-14-12-20-17-9-5-3-7-15(14)17/h3,5,7,9,13-14,16H,2,4,6,8,10-12,18H2,1H3. The number of ether oxygens (including phenoxy) is 1. The van der Waals surface area contributed by atoms with Gasteiger partial charge in [0.05, 0.1) is 6.61 Å². The van der Waals surface area contributed by atoms with Crippen molar-refractivity contribution in [3.8, 4) is 5.75 Å². The van der Waals surface area contributed by atoms with E-state index in [4.69, 9.17) is 10.5 Å². The van der Waals surface area contributed by atoms with Crippen LogP contribution in [0.1, 0.15) is 37.2 Å². The van der Waals surface area contributed by atoms with Gasteiger partial charge in [-0.05, 0) is 38.4 Å². The molecule has 2 N–H and O–H groups in total. The monoisotopic (exact) mass is 274 g/mol. The highest BCUT2D eigenvalue weighted by Crippen LogP contribution is 2.35. The number of hydrogen-bond donors (Lipinski definition) is 1. The average molecular weight is 274 g/mol. The average Bonchev–Trinajstić information content (AvgIpc) is 2.90. The van der Waals surface area contributed by atoms with Crippen molar-refractivity contribution in [2.75, 3.05) is 26.7 Å². The lowest BCUT2D eigenvalue weighted by molar-refractivity contribution is 0.123. The minimum absolute atomic E-state index is 0.511. The molecule has 0 spiro atoms. The van der Waals surface area contributed by atoms with Gasteiger partial charge in [0.2, 0.25) is 0 Å². The highest BCUT2D eigenvalue weighted by atomic mass is 16.5. The first kappa shape index (κ1) is 13.9. The van der Waals surface area contributed by atoms with Crippen LogP contribution in [-0.4, -0.2) is 37.7 Å². The topological polar surface area (TPSA) is 38.5 Å². The Labute approximate surface area is 122 Å². The summed E-state index contributed by atoms with van der Waals surface area (Å²) < 4.78 is 5.80. The summed E-state index contributed by atoms with van der Waals surface area (Å²) in [6.07, 6.45) is 5.29. The molecule has 3 nitrogen and oxygen atoms in total. The maximum atomic E-state index is 5.96. The molecule has 1 aromatic rings. The molecule has 1 saturated carbocycles. The first-order valence-corrected chi connectivity index (χ1v) is 7.91. The molecule has 3 rings (SSSR count). The third kappa shape index (κ3) is 2.70. The molecule has 2 aliphatic rings. The molecule has 20 heavy (non-hydrogen) atoms. The van der Waals surface area contributed by atoms with Crippen LogP contribution in [0.5, 0.6) is 5.75 Å². The predicted octanol–water partition coefficient (Wildman–Crippen LogP) is 2.61. The number of benzene rings is 1. The van der Waals surface area contributed by atoms with Crippen LogP contribution in [0.4, 0.5) is 0 Å². The SMILES string of the molecule is CN(CC1COc2ccccc21)C1CCCCC1CN. The van der Waals surface area contributed by atoms with Crippen LogP contribution in [0.25, 0.3) is 0 Å². The van der Waals surface area contributed by atoms with Crippen LogP contribution in [0.3, 0.4) is 0 Å². The number of nitrogens with zero attached hydrogens (tertiary/aromatic N) is 1. The second-order valence-electron chi connectivity index (χ2n) is 6.33. The van der Waals surface area contributed by atoms with Gasteiger partial charge >= 0.3 is 0 Å². The lowest BCUT2D eigenvalue weighted by atomic mass is 9.83. The van der Waals surface area contributed by atoms with Crippen molar-refractivity contribution in [2.45, 2.75) is 37.6 Å². The first-order chi connectivity index (χ1) is 9.79. The summed E-state index contributed by atoms with van der Waals surface area (Å²) in [4.78, 5) is 2.53. The highest BCUT2D eigenvalue weighted by Gasteiger charge is 2.31. The van der Waals surface area contributed by atoms with E-state index in [9.17, 15) is 0 Å². The minimum atomic E-state index is 0.511. The largest absolute Gasteiger partial charge is 0.493 e. The Bertz CT molecular complexity index is 448. The lowest BCUT2D eigenvalue weighted by Gasteiger charge is -2.38. The van der Waals surface area contributed by atoms with E-state index in [1.807, 2.05) is 0 Å². The van der Waals surface area contributed by atoms with Gasteiger partial charge in [-0.1, -0.05) is 31.0 Å². The summed E-state index contributed by atoms with van der Waals surface area (Å²) in [5.41, 5.74) is 7.34. The quantitative estimate of drug-likeness (QED) is 0.917. The van der Waals surface area contributed by atoms with E-state index in [1.165, 1.54) is 31.2 Å². The number of fused-ring (bicyclic) bond motifs is 1. The van der Waals surface area contributed by atoms with Gasteiger partial charge in [-0.15, -0.1) is 0 Å². The molecule has 1 aliphatic heterocycles. The molecule has 1 aliphatic carbocycles. The number of hydrogen-bond acceptors (Lipinski definition) is 3. The van der Waals surface area contributed by atoms with Crippen LogP contribution in [-0.2, 0) is 0 Å². The van der Waals surface area contributed by atoms with Gasteiger partial charge in [0.25, 0.3) is 0 Å². The van der Waals surface area contributed by atoms with Crippen LogP contribution >= 0.6 is 0 Å². The molecule has 3 heteroatoms. The summed E-state index contributed by atoms with van der Waals surface area (Å²) >= 11 is 0. The maximum Gasteiger partial charge on any atom is 0.122 e. The third-order valence-electron chi connectivity index (χ3n) is 5.05. The van der Waals surface area contributed by atoms with E-state index in [2.05, 4.69) is 36.2 Å². The minimum Gasteiger partial charge on any atom is -0.493 e. The molecule has 110 valence electrons. The molecule has 1 aromatic carbocycles. The van der Waals surface area contributed by atoms with Gasteiger partial charge in [0.1, 0.15) is 5.75 Å². The third-order valence-corrected chi connectivity index (χ3v) is 5.05. The Hall–Kier alpha value is -1.06. The zero-order valence-electron chi connectivity index (χ0n) is 12.4.